The molecule has 2 aliphatic rings. The number of benzene rings is 3. The molecule has 0 bridgehead atoms. The molecule has 3 aromatic carbocycles. The molecule has 7 heteroatoms. The molecule has 0 amide bonds. The predicted octanol–water partition coefficient (Wildman–Crippen LogP) is 5.12. The Labute approximate surface area is 176 Å². The first kappa shape index (κ1) is 17.8. The molecule has 31 heavy (non-hydrogen) atoms. The van der Waals surface area contributed by atoms with E-state index in [-0.39, 0.29) is 11.6 Å². The second kappa shape index (κ2) is 6.77. The summed E-state index contributed by atoms with van der Waals surface area (Å²) in [4.78, 5) is 4.33. The fourth-order valence-corrected chi connectivity index (χ4v) is 4.33. The highest BCUT2D eigenvalue weighted by molar-refractivity contribution is 5.85. The minimum Gasteiger partial charge on any atom is -0.480 e. The number of para-hydroxylation sites is 1. The van der Waals surface area contributed by atoms with Crippen LogP contribution in [0.3, 0.4) is 0 Å². The number of anilines is 1. The zero-order valence-corrected chi connectivity index (χ0v) is 16.2. The van der Waals surface area contributed by atoms with Crippen molar-refractivity contribution in [1.29, 1.82) is 0 Å². The molecule has 6 rings (SSSR count). The topological polar surface area (TPSA) is 52.0 Å². The third-order valence-corrected chi connectivity index (χ3v) is 5.69. The van der Waals surface area contributed by atoms with Crippen molar-refractivity contribution in [3.05, 3.63) is 113 Å². The zero-order valence-electron chi connectivity index (χ0n) is 16.2. The summed E-state index contributed by atoms with van der Waals surface area (Å²) in [5, 5.41) is 7.73. The summed E-state index contributed by atoms with van der Waals surface area (Å²) in [6.07, 6.45) is 0.869. The summed E-state index contributed by atoms with van der Waals surface area (Å²) in [6, 6.07) is 19.9. The minimum atomic E-state index is -0.585. The molecule has 0 saturated heterocycles. The van der Waals surface area contributed by atoms with E-state index < -0.39 is 12.1 Å². The van der Waals surface area contributed by atoms with Gasteiger partial charge in [-0.25, -0.2) is 13.5 Å². The molecule has 0 fully saturated rings. The van der Waals surface area contributed by atoms with Gasteiger partial charge in [0.05, 0.1) is 5.70 Å². The lowest BCUT2D eigenvalue weighted by Gasteiger charge is -2.39. The first-order chi connectivity index (χ1) is 15.2. The Bertz CT molecular complexity index is 1330. The van der Waals surface area contributed by atoms with Gasteiger partial charge in [-0.2, -0.15) is 10.1 Å². The third-order valence-electron chi connectivity index (χ3n) is 5.69. The van der Waals surface area contributed by atoms with Gasteiger partial charge in [-0.3, -0.25) is 0 Å². The van der Waals surface area contributed by atoms with Gasteiger partial charge in [0, 0.05) is 16.7 Å². The van der Waals surface area contributed by atoms with Crippen molar-refractivity contribution in [1.82, 2.24) is 14.8 Å². The number of rotatable bonds is 2. The highest BCUT2D eigenvalue weighted by Gasteiger charge is 2.41. The van der Waals surface area contributed by atoms with Gasteiger partial charge in [0.25, 0.3) is 0 Å². The highest BCUT2D eigenvalue weighted by Crippen LogP contribution is 2.50. The maximum absolute atomic E-state index is 15.0. The van der Waals surface area contributed by atoms with Crippen LogP contribution in [-0.4, -0.2) is 14.8 Å². The molecule has 1 aromatic heterocycles. The molecule has 0 saturated carbocycles. The van der Waals surface area contributed by atoms with Gasteiger partial charge < -0.3 is 10.1 Å². The second-order valence-corrected chi connectivity index (χ2v) is 7.45. The molecule has 0 spiro atoms. The van der Waals surface area contributed by atoms with Crippen LogP contribution in [0.2, 0.25) is 0 Å². The number of ether oxygens (including phenoxy) is 1. The van der Waals surface area contributed by atoms with Crippen LogP contribution < -0.4 is 10.1 Å². The van der Waals surface area contributed by atoms with Crippen LogP contribution in [-0.2, 0) is 0 Å². The average molecular weight is 414 g/mol. The van der Waals surface area contributed by atoms with E-state index in [4.69, 9.17) is 4.74 Å². The Morgan fingerprint density at radius 3 is 2.52 bits per heavy atom. The lowest BCUT2D eigenvalue weighted by Crippen LogP contribution is -2.32. The number of nitrogens with one attached hydrogen (secondary N) is 1. The summed E-state index contributed by atoms with van der Waals surface area (Å²) in [5.41, 5.74) is 3.65. The van der Waals surface area contributed by atoms with Crippen molar-refractivity contribution in [2.24, 2.45) is 0 Å². The van der Waals surface area contributed by atoms with Gasteiger partial charge in [0.2, 0.25) is 5.95 Å². The Balaban J connectivity index is 1.65. The predicted molar refractivity (Wildman–Crippen MR) is 111 cm³/mol. The largest absolute Gasteiger partial charge is 0.480 e. The van der Waals surface area contributed by atoms with Gasteiger partial charge >= 0.3 is 0 Å². The van der Waals surface area contributed by atoms with E-state index in [1.807, 2.05) is 24.3 Å². The smallest absolute Gasteiger partial charge is 0.226 e. The van der Waals surface area contributed by atoms with E-state index in [1.54, 1.807) is 35.0 Å². The molecule has 5 nitrogen and oxygen atoms in total. The van der Waals surface area contributed by atoms with Crippen LogP contribution in [0.4, 0.5) is 14.7 Å². The number of hydrogen-bond acceptors (Lipinski definition) is 4. The number of nitrogens with zero attached hydrogens (tertiary/aromatic N) is 3. The fourth-order valence-electron chi connectivity index (χ4n) is 4.33. The first-order valence-electron chi connectivity index (χ1n) is 9.87. The van der Waals surface area contributed by atoms with Crippen LogP contribution in [0.25, 0.3) is 5.70 Å². The molecule has 2 aliphatic heterocycles. The number of fused-ring (bicyclic) bond motifs is 3. The van der Waals surface area contributed by atoms with E-state index in [0.717, 1.165) is 22.4 Å². The van der Waals surface area contributed by atoms with Gasteiger partial charge in [0.15, 0.2) is 0 Å². The van der Waals surface area contributed by atoms with Crippen LogP contribution >= 0.6 is 0 Å². The standard InChI is InChI=1S/C24H16F2N4O/c25-15-11-9-14(10-12-15)23-20-21(17-6-2-4-8-19(17)31-23)29-24-27-13-28-30(24)22(20)16-5-1-3-7-18(16)26/h1-13,22-23H,(H,27,28,29)/t22-,23+/m0/s1. The lowest BCUT2D eigenvalue weighted by molar-refractivity contribution is 0.222. The summed E-state index contributed by atoms with van der Waals surface area (Å²) in [6.45, 7) is 0. The first-order valence-corrected chi connectivity index (χ1v) is 9.87. The van der Waals surface area contributed by atoms with Gasteiger partial charge in [0.1, 0.15) is 35.9 Å². The van der Waals surface area contributed by atoms with E-state index in [0.29, 0.717) is 17.3 Å². The Hall–Kier alpha value is -4.00. The quantitative estimate of drug-likeness (QED) is 0.495. The van der Waals surface area contributed by atoms with Crippen molar-refractivity contribution < 1.29 is 13.5 Å². The SMILES string of the molecule is Fc1ccc([C@H]2Oc3ccccc3C3=C2[C@H](c2ccccc2F)n2ncnc2N3)cc1. The van der Waals surface area contributed by atoms with E-state index >= 15 is 4.39 Å². The maximum Gasteiger partial charge on any atom is 0.226 e. The third kappa shape index (κ3) is 2.73. The van der Waals surface area contributed by atoms with Gasteiger partial charge in [-0.1, -0.05) is 42.5 Å². The maximum atomic E-state index is 15.0. The molecule has 4 aromatic rings. The number of halogens is 2. The Morgan fingerprint density at radius 2 is 1.68 bits per heavy atom. The normalized spacial score (nSPS) is 19.0. The van der Waals surface area contributed by atoms with Crippen LogP contribution in [0.5, 0.6) is 5.75 Å². The Kier molecular flexibility index (Phi) is 3.89. The molecule has 0 aliphatic carbocycles. The second-order valence-electron chi connectivity index (χ2n) is 7.45. The summed E-state index contributed by atoms with van der Waals surface area (Å²) in [5.74, 6) is 0.518. The molecule has 152 valence electrons. The van der Waals surface area contributed by atoms with Crippen LogP contribution in [0, 0.1) is 11.6 Å². The number of aromatic nitrogens is 3. The fraction of sp³-hybridized carbons (Fsp3) is 0.0833. The van der Waals surface area contributed by atoms with Crippen molar-refractivity contribution >= 4 is 11.6 Å². The van der Waals surface area contributed by atoms with E-state index in [9.17, 15) is 4.39 Å². The van der Waals surface area contributed by atoms with Crippen molar-refractivity contribution in [2.45, 2.75) is 12.1 Å². The molecule has 0 radical (unpaired) electrons. The van der Waals surface area contributed by atoms with Crippen molar-refractivity contribution in [3.8, 4) is 5.75 Å². The monoisotopic (exact) mass is 414 g/mol. The lowest BCUT2D eigenvalue weighted by atomic mass is 9.84. The van der Waals surface area contributed by atoms with Gasteiger partial charge in [-0.15, -0.1) is 0 Å². The summed E-state index contributed by atoms with van der Waals surface area (Å²) >= 11 is 0. The average Bonchev–Trinajstić information content (AvgIpc) is 3.27. The van der Waals surface area contributed by atoms with Gasteiger partial charge in [-0.05, 0) is 35.9 Å². The van der Waals surface area contributed by atoms with Crippen LogP contribution in [0.15, 0.2) is 84.7 Å². The summed E-state index contributed by atoms with van der Waals surface area (Å²) in [7, 11) is 0. The van der Waals surface area contributed by atoms with Crippen molar-refractivity contribution in [3.63, 3.8) is 0 Å². The van der Waals surface area contributed by atoms with E-state index in [2.05, 4.69) is 15.4 Å². The number of hydrogen-bond donors (Lipinski definition) is 1. The Morgan fingerprint density at radius 1 is 0.903 bits per heavy atom. The zero-order chi connectivity index (χ0) is 20.9. The molecule has 3 heterocycles. The molecular formula is C24H16F2N4O. The van der Waals surface area contributed by atoms with Crippen LogP contribution in [0.1, 0.15) is 28.8 Å². The molecule has 1 N–H and O–H groups in total. The summed E-state index contributed by atoms with van der Waals surface area (Å²) < 4.78 is 36.7. The minimum absolute atomic E-state index is 0.333. The molecule has 2 atom stereocenters. The van der Waals surface area contributed by atoms with E-state index in [1.165, 1.54) is 24.5 Å². The highest BCUT2D eigenvalue weighted by atomic mass is 19.1. The molecule has 0 unspecified atom stereocenters. The molecular weight excluding hydrogens is 398 g/mol. The van der Waals surface area contributed by atoms with Crippen molar-refractivity contribution in [2.75, 3.05) is 5.32 Å².